The molecule has 0 spiro atoms. The van der Waals surface area contributed by atoms with Gasteiger partial charge in [0, 0.05) is 12.6 Å². The first-order chi connectivity index (χ1) is 15.6. The molecule has 8 heteroatoms. The predicted octanol–water partition coefficient (Wildman–Crippen LogP) is 5.58. The molecule has 2 aliphatic rings. The van der Waals surface area contributed by atoms with Crippen LogP contribution in [0.3, 0.4) is 0 Å². The lowest BCUT2D eigenvalue weighted by Crippen LogP contribution is -2.27. The number of fused-ring (bicyclic) bond motifs is 1. The third kappa shape index (κ3) is 6.92. The Morgan fingerprint density at radius 3 is 2.52 bits per heavy atom. The lowest BCUT2D eigenvalue weighted by molar-refractivity contribution is 0.105. The highest BCUT2D eigenvalue weighted by atomic mass is 79.9. The lowest BCUT2D eigenvalue weighted by Gasteiger charge is -2.21. The maximum absolute atomic E-state index is 10.7. The first kappa shape index (κ1) is 25.9. The number of halogens is 2. The van der Waals surface area contributed by atoms with E-state index in [2.05, 4.69) is 27.3 Å². The molecule has 0 aromatic heterocycles. The van der Waals surface area contributed by atoms with E-state index < -0.39 is 6.10 Å². The van der Waals surface area contributed by atoms with E-state index in [1.54, 1.807) is 13.2 Å². The molecule has 1 fully saturated rings. The van der Waals surface area contributed by atoms with Gasteiger partial charge in [-0.25, -0.2) is 0 Å². The van der Waals surface area contributed by atoms with Gasteiger partial charge in [-0.1, -0.05) is 31.7 Å². The molecule has 2 aromatic carbocycles. The standard InChI is InChI=1S/C25H32BrNO5.ClH/c1-29-24-13-17(15-27-19-6-4-2-3-5-7-19)12-20(26)25(24)32-16-21(28)18-8-9-22-23(14-18)31-11-10-30-22;/h8-9,12-14,19,21,27-28H,2-7,10-11,15-16H2,1H3;1H. The monoisotopic (exact) mass is 541 g/mol. The Morgan fingerprint density at radius 1 is 1.06 bits per heavy atom. The number of aliphatic hydroxyl groups excluding tert-OH is 1. The number of hydrogen-bond acceptors (Lipinski definition) is 6. The van der Waals surface area contributed by atoms with Crippen LogP contribution in [0, 0.1) is 0 Å². The van der Waals surface area contributed by atoms with Gasteiger partial charge in [-0.2, -0.15) is 0 Å². The summed E-state index contributed by atoms with van der Waals surface area (Å²) in [4.78, 5) is 0. The molecular formula is C25H33BrClNO5. The molecule has 1 aliphatic heterocycles. The average molecular weight is 543 g/mol. The van der Waals surface area contributed by atoms with Gasteiger partial charge < -0.3 is 29.4 Å². The third-order valence-electron chi connectivity index (χ3n) is 6.08. The fraction of sp³-hybridized carbons (Fsp3) is 0.520. The quantitative estimate of drug-likeness (QED) is 0.425. The van der Waals surface area contributed by atoms with Gasteiger partial charge >= 0.3 is 0 Å². The van der Waals surface area contributed by atoms with Crippen molar-refractivity contribution in [1.29, 1.82) is 0 Å². The summed E-state index contributed by atoms with van der Waals surface area (Å²) >= 11 is 3.62. The van der Waals surface area contributed by atoms with Crippen molar-refractivity contribution in [3.05, 3.63) is 45.9 Å². The van der Waals surface area contributed by atoms with Gasteiger partial charge in [0.15, 0.2) is 23.0 Å². The van der Waals surface area contributed by atoms with Crippen LogP contribution >= 0.6 is 28.3 Å². The van der Waals surface area contributed by atoms with E-state index in [0.717, 1.165) is 16.6 Å². The Kier molecular flexibility index (Phi) is 9.98. The molecule has 0 amide bonds. The van der Waals surface area contributed by atoms with E-state index in [-0.39, 0.29) is 19.0 Å². The summed E-state index contributed by atoms with van der Waals surface area (Å²) < 4.78 is 23.5. The predicted molar refractivity (Wildman–Crippen MR) is 134 cm³/mol. The zero-order chi connectivity index (χ0) is 22.3. The molecule has 1 unspecified atom stereocenters. The summed E-state index contributed by atoms with van der Waals surface area (Å²) in [6, 6.07) is 10.1. The van der Waals surface area contributed by atoms with Gasteiger partial charge in [0.2, 0.25) is 0 Å². The maximum atomic E-state index is 10.7. The fourth-order valence-corrected chi connectivity index (χ4v) is 4.89. The Labute approximate surface area is 210 Å². The molecule has 0 saturated heterocycles. The van der Waals surface area contributed by atoms with Crippen LogP contribution in [-0.4, -0.2) is 38.1 Å². The molecule has 2 aromatic rings. The molecule has 4 rings (SSSR count). The van der Waals surface area contributed by atoms with Crippen LogP contribution in [0.5, 0.6) is 23.0 Å². The summed E-state index contributed by atoms with van der Waals surface area (Å²) in [7, 11) is 1.63. The van der Waals surface area contributed by atoms with Crippen LogP contribution in [0.4, 0.5) is 0 Å². The summed E-state index contributed by atoms with van der Waals surface area (Å²) in [6.07, 6.45) is 7.00. The van der Waals surface area contributed by atoms with Crippen molar-refractivity contribution in [2.24, 2.45) is 0 Å². The second-order valence-electron chi connectivity index (χ2n) is 8.41. The minimum Gasteiger partial charge on any atom is -0.493 e. The van der Waals surface area contributed by atoms with Gasteiger partial charge in [-0.3, -0.25) is 0 Å². The number of ether oxygens (including phenoxy) is 4. The highest BCUT2D eigenvalue weighted by molar-refractivity contribution is 9.10. The van der Waals surface area contributed by atoms with E-state index in [4.69, 9.17) is 18.9 Å². The molecule has 2 N–H and O–H groups in total. The first-order valence-electron chi connectivity index (χ1n) is 11.4. The van der Waals surface area contributed by atoms with Crippen molar-refractivity contribution in [3.63, 3.8) is 0 Å². The van der Waals surface area contributed by atoms with E-state index >= 15 is 0 Å². The Balaban J connectivity index is 0.00000306. The average Bonchev–Trinajstić information content (AvgIpc) is 3.10. The summed E-state index contributed by atoms with van der Waals surface area (Å²) in [5.41, 5.74) is 1.85. The van der Waals surface area contributed by atoms with Crippen molar-refractivity contribution in [2.45, 2.75) is 57.2 Å². The molecule has 1 atom stereocenters. The summed E-state index contributed by atoms with van der Waals surface area (Å²) in [5, 5.41) is 14.3. The number of benzene rings is 2. The first-order valence-corrected chi connectivity index (χ1v) is 12.2. The Morgan fingerprint density at radius 2 is 1.79 bits per heavy atom. The molecule has 0 bridgehead atoms. The molecule has 6 nitrogen and oxygen atoms in total. The van der Waals surface area contributed by atoms with Crippen LogP contribution in [0.25, 0.3) is 0 Å². The van der Waals surface area contributed by atoms with Crippen molar-refractivity contribution < 1.29 is 24.1 Å². The largest absolute Gasteiger partial charge is 0.493 e. The second-order valence-corrected chi connectivity index (χ2v) is 9.26. The van der Waals surface area contributed by atoms with Crippen molar-refractivity contribution >= 4 is 28.3 Å². The molecule has 1 aliphatic carbocycles. The van der Waals surface area contributed by atoms with Crippen LogP contribution in [0.2, 0.25) is 0 Å². The number of nitrogens with one attached hydrogen (secondary N) is 1. The number of hydrogen-bond donors (Lipinski definition) is 2. The van der Waals surface area contributed by atoms with Crippen molar-refractivity contribution in [3.8, 4) is 23.0 Å². The van der Waals surface area contributed by atoms with Gasteiger partial charge in [0.25, 0.3) is 0 Å². The molecule has 1 saturated carbocycles. The molecular weight excluding hydrogens is 510 g/mol. The van der Waals surface area contributed by atoms with Crippen molar-refractivity contribution in [1.82, 2.24) is 5.32 Å². The van der Waals surface area contributed by atoms with Gasteiger partial charge in [0.05, 0.1) is 11.6 Å². The topological polar surface area (TPSA) is 69.2 Å². The Hall–Kier alpha value is -1.67. The van der Waals surface area contributed by atoms with Gasteiger partial charge in [0.1, 0.15) is 25.9 Å². The zero-order valence-electron chi connectivity index (χ0n) is 19.0. The van der Waals surface area contributed by atoms with E-state index in [1.807, 2.05) is 18.2 Å². The van der Waals surface area contributed by atoms with Crippen molar-refractivity contribution in [2.75, 3.05) is 26.9 Å². The highest BCUT2D eigenvalue weighted by Crippen LogP contribution is 2.38. The van der Waals surface area contributed by atoms with E-state index in [1.165, 1.54) is 38.5 Å². The minimum atomic E-state index is -0.806. The lowest BCUT2D eigenvalue weighted by atomic mass is 10.1. The van der Waals surface area contributed by atoms with Crippen LogP contribution in [0.15, 0.2) is 34.8 Å². The summed E-state index contributed by atoms with van der Waals surface area (Å²) in [5.74, 6) is 2.58. The SMILES string of the molecule is COc1cc(CNC2CCCCCC2)cc(Br)c1OCC(O)c1ccc2c(c1)OCCO2.Cl. The second kappa shape index (κ2) is 12.7. The summed E-state index contributed by atoms with van der Waals surface area (Å²) in [6.45, 7) is 1.93. The Bertz CT molecular complexity index is 905. The van der Waals surface area contributed by atoms with Gasteiger partial charge in [-0.15, -0.1) is 12.4 Å². The third-order valence-corrected chi connectivity index (χ3v) is 6.66. The number of aliphatic hydroxyl groups is 1. The molecule has 0 radical (unpaired) electrons. The number of methoxy groups -OCH3 is 1. The van der Waals surface area contributed by atoms with Crippen LogP contribution in [-0.2, 0) is 6.54 Å². The van der Waals surface area contributed by atoms with E-state index in [0.29, 0.717) is 47.8 Å². The minimum absolute atomic E-state index is 0. The van der Waals surface area contributed by atoms with Gasteiger partial charge in [-0.05, 0) is 64.2 Å². The normalized spacial score (nSPS) is 16.9. The number of rotatable bonds is 8. The molecule has 182 valence electrons. The fourth-order valence-electron chi connectivity index (χ4n) is 4.29. The highest BCUT2D eigenvalue weighted by Gasteiger charge is 2.19. The molecule has 1 heterocycles. The molecule has 33 heavy (non-hydrogen) atoms. The van der Waals surface area contributed by atoms with Crippen LogP contribution < -0.4 is 24.3 Å². The van der Waals surface area contributed by atoms with E-state index in [9.17, 15) is 5.11 Å². The maximum Gasteiger partial charge on any atom is 0.175 e. The van der Waals surface area contributed by atoms with Crippen LogP contribution in [0.1, 0.15) is 55.8 Å². The zero-order valence-corrected chi connectivity index (χ0v) is 21.4. The smallest absolute Gasteiger partial charge is 0.175 e.